The lowest BCUT2D eigenvalue weighted by atomic mass is 9.76. The van der Waals surface area contributed by atoms with E-state index >= 15 is 0 Å². The highest BCUT2D eigenvalue weighted by Gasteiger charge is 2.40. The molecule has 0 radical (unpaired) electrons. The molecule has 1 unspecified atom stereocenters. The van der Waals surface area contributed by atoms with Crippen LogP contribution >= 0.6 is 22.7 Å². The number of anilines is 1. The number of aromatic nitrogens is 5. The number of nitrogens with one attached hydrogen (secondary N) is 1. The van der Waals surface area contributed by atoms with Gasteiger partial charge in [-0.2, -0.15) is 5.10 Å². The largest absolute Gasteiger partial charge is 0.385 e. The van der Waals surface area contributed by atoms with Crippen LogP contribution in [-0.2, 0) is 21.6 Å². The van der Waals surface area contributed by atoms with E-state index in [0.29, 0.717) is 25.7 Å². The first-order valence-electron chi connectivity index (χ1n) is 14.6. The second-order valence-electron chi connectivity index (χ2n) is 11.2. The Morgan fingerprint density at radius 1 is 1.17 bits per heavy atom. The smallest absolute Gasteiger partial charge is 0.162 e. The average molecular weight is 605 g/mol. The van der Waals surface area contributed by atoms with Gasteiger partial charge in [-0.1, -0.05) is 12.1 Å². The number of piperidine rings is 1. The number of likely N-dealkylation sites (tertiary alicyclic amines) is 1. The molecule has 0 saturated carbocycles. The monoisotopic (exact) mass is 604 g/mol. The molecule has 2 aliphatic rings. The molecule has 0 aliphatic carbocycles. The summed E-state index contributed by atoms with van der Waals surface area (Å²) in [5, 5.41) is 11.4. The van der Waals surface area contributed by atoms with Crippen LogP contribution in [0.2, 0.25) is 0 Å². The number of thiophene rings is 1. The van der Waals surface area contributed by atoms with E-state index in [1.54, 1.807) is 18.4 Å². The maximum atomic E-state index is 7.07. The lowest BCUT2D eigenvalue weighted by molar-refractivity contribution is 0.0919. The second kappa shape index (κ2) is 11.9. The number of rotatable bonds is 9. The molecule has 1 atom stereocenters. The molecule has 2 aliphatic heterocycles. The molecule has 0 bridgehead atoms. The van der Waals surface area contributed by atoms with Gasteiger partial charge in [-0.25, -0.2) is 15.0 Å². The predicted octanol–water partition coefficient (Wildman–Crippen LogP) is 4.63. The van der Waals surface area contributed by atoms with E-state index in [4.69, 9.17) is 25.2 Å². The van der Waals surface area contributed by atoms with E-state index in [-0.39, 0.29) is 0 Å². The molecular weight excluding hydrogens is 569 g/mol. The standard InChI is InChI=1S/C30H36N8O2S2/c1-39-13-7-30(31,29-32-8-16-41-29)20-5-9-37(10-6-20)19-21-17-25-26(42-21)28(38-11-14-40-15-12-38)35-27(34-25)22-3-2-4-24-23(22)18-33-36-24/h2-4,8,16-18,20H,5-7,9-15,19,31H2,1H3,(H,33,36). The predicted molar refractivity (Wildman–Crippen MR) is 168 cm³/mol. The minimum Gasteiger partial charge on any atom is -0.385 e. The van der Waals surface area contributed by atoms with Crippen molar-refractivity contribution in [3.63, 3.8) is 0 Å². The molecule has 5 aromatic rings. The number of nitrogens with two attached hydrogens (primary N) is 1. The van der Waals surface area contributed by atoms with Gasteiger partial charge in [0.1, 0.15) is 5.01 Å². The third kappa shape index (κ3) is 5.31. The van der Waals surface area contributed by atoms with Gasteiger partial charge in [0.2, 0.25) is 0 Å². The second-order valence-corrected chi connectivity index (χ2v) is 13.2. The summed E-state index contributed by atoms with van der Waals surface area (Å²) in [6.07, 6.45) is 6.59. The van der Waals surface area contributed by atoms with Gasteiger partial charge < -0.3 is 20.1 Å². The van der Waals surface area contributed by atoms with Gasteiger partial charge in [-0.3, -0.25) is 10.00 Å². The minimum atomic E-state index is -0.440. The molecule has 42 heavy (non-hydrogen) atoms. The van der Waals surface area contributed by atoms with Crippen LogP contribution in [0.15, 0.2) is 42.0 Å². The van der Waals surface area contributed by atoms with Gasteiger partial charge in [-0.05, 0) is 50.4 Å². The van der Waals surface area contributed by atoms with Crippen LogP contribution in [0.4, 0.5) is 5.82 Å². The number of H-pyrrole nitrogens is 1. The summed E-state index contributed by atoms with van der Waals surface area (Å²) >= 11 is 3.48. The van der Waals surface area contributed by atoms with E-state index in [0.717, 1.165) is 95.3 Å². The van der Waals surface area contributed by atoms with Crippen molar-refractivity contribution in [3.8, 4) is 11.4 Å². The maximum absolute atomic E-state index is 7.07. The molecule has 4 aromatic heterocycles. The Labute approximate surface area is 252 Å². The fourth-order valence-electron chi connectivity index (χ4n) is 6.35. The Hall–Kier alpha value is -3.00. The Balaban J connectivity index is 1.14. The molecule has 12 heteroatoms. The van der Waals surface area contributed by atoms with Crippen molar-refractivity contribution in [1.82, 2.24) is 30.0 Å². The van der Waals surface area contributed by atoms with E-state index in [9.17, 15) is 0 Å². The van der Waals surface area contributed by atoms with Gasteiger partial charge in [-0.15, -0.1) is 22.7 Å². The lowest BCUT2D eigenvalue weighted by Gasteiger charge is -2.41. The minimum absolute atomic E-state index is 0.379. The summed E-state index contributed by atoms with van der Waals surface area (Å²) in [4.78, 5) is 21.1. The maximum Gasteiger partial charge on any atom is 0.162 e. The number of methoxy groups -OCH3 is 1. The summed E-state index contributed by atoms with van der Waals surface area (Å²) in [6.45, 7) is 6.62. The Kier molecular flexibility index (Phi) is 7.91. The van der Waals surface area contributed by atoms with Crippen molar-refractivity contribution in [2.45, 2.75) is 31.3 Å². The van der Waals surface area contributed by atoms with Crippen molar-refractivity contribution in [1.29, 1.82) is 0 Å². The van der Waals surface area contributed by atoms with Gasteiger partial charge in [0.05, 0.1) is 40.7 Å². The Bertz CT molecular complexity index is 1640. The number of nitrogens with zero attached hydrogens (tertiary/aromatic N) is 6. The van der Waals surface area contributed by atoms with Crippen molar-refractivity contribution >= 4 is 49.6 Å². The highest BCUT2D eigenvalue weighted by molar-refractivity contribution is 7.19. The van der Waals surface area contributed by atoms with Crippen molar-refractivity contribution in [2.24, 2.45) is 11.7 Å². The highest BCUT2D eigenvalue weighted by Crippen LogP contribution is 2.40. The number of aromatic amines is 1. The molecule has 10 nitrogen and oxygen atoms in total. The molecule has 7 rings (SSSR count). The number of ether oxygens (including phenoxy) is 2. The lowest BCUT2D eigenvalue weighted by Crippen LogP contribution is -2.49. The van der Waals surface area contributed by atoms with Crippen LogP contribution in [0.25, 0.3) is 32.5 Å². The van der Waals surface area contributed by atoms with E-state index in [2.05, 4.69) is 37.1 Å². The summed E-state index contributed by atoms with van der Waals surface area (Å²) in [5.41, 5.74) is 9.60. The van der Waals surface area contributed by atoms with Crippen LogP contribution in [0, 0.1) is 5.92 Å². The summed E-state index contributed by atoms with van der Waals surface area (Å²) in [6, 6.07) is 8.40. The summed E-state index contributed by atoms with van der Waals surface area (Å²) < 4.78 is 12.2. The fraction of sp³-hybridized carbons (Fsp3) is 0.467. The molecule has 2 fully saturated rings. The molecule has 0 spiro atoms. The SMILES string of the molecule is COCCC(N)(c1nccs1)C1CCN(Cc2cc3nc(-c4cccc5[nH]ncc45)nc(N4CCOCC4)c3s2)CC1. The molecular formula is C30H36N8O2S2. The molecule has 0 amide bonds. The zero-order chi connectivity index (χ0) is 28.5. The first-order chi connectivity index (χ1) is 20.6. The zero-order valence-electron chi connectivity index (χ0n) is 23.8. The van der Waals surface area contributed by atoms with Gasteiger partial charge >= 0.3 is 0 Å². The van der Waals surface area contributed by atoms with Crippen molar-refractivity contribution in [2.75, 3.05) is 58.0 Å². The third-order valence-electron chi connectivity index (χ3n) is 8.69. The number of benzene rings is 1. The third-order valence-corrected chi connectivity index (χ3v) is 10.8. The first kappa shape index (κ1) is 27.8. The number of morpholine rings is 1. The van der Waals surface area contributed by atoms with Crippen molar-refractivity contribution < 1.29 is 9.47 Å². The van der Waals surface area contributed by atoms with Crippen LogP contribution in [0.1, 0.15) is 29.1 Å². The molecule has 6 heterocycles. The Morgan fingerprint density at radius 2 is 2.02 bits per heavy atom. The van der Waals surface area contributed by atoms with Crippen LogP contribution in [0.5, 0.6) is 0 Å². The number of hydrogen-bond acceptors (Lipinski definition) is 11. The quantitative estimate of drug-likeness (QED) is 0.248. The van der Waals surface area contributed by atoms with Gasteiger partial charge in [0, 0.05) is 60.8 Å². The van der Waals surface area contributed by atoms with Crippen molar-refractivity contribution in [3.05, 3.63) is 51.9 Å². The topological polar surface area (TPSA) is 118 Å². The summed E-state index contributed by atoms with van der Waals surface area (Å²) in [7, 11) is 1.74. The number of thiazole rings is 1. The van der Waals surface area contributed by atoms with E-state index in [1.165, 1.54) is 4.88 Å². The van der Waals surface area contributed by atoms with Crippen LogP contribution < -0.4 is 10.6 Å². The molecule has 220 valence electrons. The summed E-state index contributed by atoms with van der Waals surface area (Å²) in [5.74, 6) is 2.12. The van der Waals surface area contributed by atoms with Gasteiger partial charge in [0.15, 0.2) is 11.6 Å². The number of hydrogen-bond donors (Lipinski definition) is 2. The van der Waals surface area contributed by atoms with E-state index in [1.807, 2.05) is 41.2 Å². The van der Waals surface area contributed by atoms with Crippen LogP contribution in [-0.4, -0.2) is 83.2 Å². The average Bonchev–Trinajstić information content (AvgIpc) is 3.81. The molecule has 2 saturated heterocycles. The van der Waals surface area contributed by atoms with Gasteiger partial charge in [0.25, 0.3) is 0 Å². The first-order valence-corrected chi connectivity index (χ1v) is 16.3. The fourth-order valence-corrected chi connectivity index (χ4v) is 8.37. The number of fused-ring (bicyclic) bond motifs is 2. The highest BCUT2D eigenvalue weighted by atomic mass is 32.1. The normalized spacial score (nSPS) is 18.7. The molecule has 3 N–H and O–H groups in total. The van der Waals surface area contributed by atoms with Crippen LogP contribution in [0.3, 0.4) is 0 Å². The van der Waals surface area contributed by atoms with E-state index < -0.39 is 5.54 Å². The zero-order valence-corrected chi connectivity index (χ0v) is 25.4. The Morgan fingerprint density at radius 3 is 2.81 bits per heavy atom. The molecule has 1 aromatic carbocycles.